The number of hydrogen-bond donors (Lipinski definition) is 2. The molecule has 2 amide bonds. The number of amides is 2. The van der Waals surface area contributed by atoms with E-state index >= 15 is 0 Å². The Morgan fingerprint density at radius 3 is 2.87 bits per heavy atom. The van der Waals surface area contributed by atoms with Gasteiger partial charge in [0.1, 0.15) is 0 Å². The molecule has 0 aromatic carbocycles. The quantitative estimate of drug-likeness (QED) is 0.678. The second-order valence-electron chi connectivity index (χ2n) is 4.95. The fraction of sp³-hybridized carbons (Fsp3) is 0.909. The van der Waals surface area contributed by atoms with Crippen LogP contribution in [-0.4, -0.2) is 42.1 Å². The van der Waals surface area contributed by atoms with Crippen molar-refractivity contribution in [3.63, 3.8) is 0 Å². The molecule has 4 heteroatoms. The summed E-state index contributed by atoms with van der Waals surface area (Å²) in [6.07, 6.45) is 3.36. The van der Waals surface area contributed by atoms with Crippen LogP contribution in [0.1, 0.15) is 33.1 Å². The Morgan fingerprint density at radius 2 is 2.13 bits per heavy atom. The molecule has 0 radical (unpaired) electrons. The molecule has 2 aliphatic rings. The summed E-state index contributed by atoms with van der Waals surface area (Å²) >= 11 is 0. The van der Waals surface area contributed by atoms with Crippen molar-refractivity contribution in [2.24, 2.45) is 0 Å². The van der Waals surface area contributed by atoms with Gasteiger partial charge in [-0.2, -0.15) is 0 Å². The van der Waals surface area contributed by atoms with Crippen LogP contribution in [0.2, 0.25) is 0 Å². The number of nitrogens with one attached hydrogen (secondary N) is 2. The fourth-order valence-corrected chi connectivity index (χ4v) is 2.94. The van der Waals surface area contributed by atoms with Gasteiger partial charge in [0, 0.05) is 12.6 Å². The van der Waals surface area contributed by atoms with E-state index in [4.69, 9.17) is 0 Å². The molecule has 2 heterocycles. The molecule has 0 aliphatic carbocycles. The first kappa shape index (κ1) is 10.7. The molecular formula is C11H21N3O. The molecule has 2 fully saturated rings. The maximum atomic E-state index is 11.8. The van der Waals surface area contributed by atoms with Crippen LogP contribution < -0.4 is 10.6 Å². The maximum Gasteiger partial charge on any atom is 0.318 e. The molecule has 0 saturated carbocycles. The summed E-state index contributed by atoms with van der Waals surface area (Å²) in [5.74, 6) is 0. The average molecular weight is 211 g/mol. The van der Waals surface area contributed by atoms with Gasteiger partial charge in [0.15, 0.2) is 0 Å². The van der Waals surface area contributed by atoms with Crippen molar-refractivity contribution in [1.82, 2.24) is 15.5 Å². The van der Waals surface area contributed by atoms with E-state index in [0.29, 0.717) is 6.04 Å². The maximum absolute atomic E-state index is 11.8. The number of carbonyl (C=O) groups excluding carboxylic acids is 1. The summed E-state index contributed by atoms with van der Waals surface area (Å²) in [5, 5.41) is 6.41. The molecule has 2 N–H and O–H groups in total. The normalized spacial score (nSPS) is 32.2. The Bertz CT molecular complexity index is 244. The minimum atomic E-state index is 0.0781. The standard InChI is InChI=1S/C11H21N3O/c1-9(2)14-10(15)13-8-11(14)4-3-6-12-7-5-11/h9,12H,3-8H2,1-2H3,(H,13,15). The van der Waals surface area contributed by atoms with Gasteiger partial charge in [-0.25, -0.2) is 4.79 Å². The van der Waals surface area contributed by atoms with E-state index in [9.17, 15) is 4.79 Å². The van der Waals surface area contributed by atoms with Gasteiger partial charge in [-0.1, -0.05) is 0 Å². The highest BCUT2D eigenvalue weighted by Gasteiger charge is 2.46. The molecule has 1 spiro atoms. The molecule has 15 heavy (non-hydrogen) atoms. The van der Waals surface area contributed by atoms with E-state index in [-0.39, 0.29) is 11.6 Å². The van der Waals surface area contributed by atoms with Crippen LogP contribution in [0.3, 0.4) is 0 Å². The van der Waals surface area contributed by atoms with Gasteiger partial charge in [0.2, 0.25) is 0 Å². The third kappa shape index (κ3) is 1.83. The second kappa shape index (κ2) is 4.00. The SMILES string of the molecule is CC(C)N1C(=O)NCC12CCCNCC2. The third-order valence-electron chi connectivity index (χ3n) is 3.58. The summed E-state index contributed by atoms with van der Waals surface area (Å²) in [7, 11) is 0. The summed E-state index contributed by atoms with van der Waals surface area (Å²) in [6.45, 7) is 7.14. The molecule has 2 rings (SSSR count). The Kier molecular flexibility index (Phi) is 2.87. The highest BCUT2D eigenvalue weighted by molar-refractivity contribution is 5.78. The molecule has 2 saturated heterocycles. The van der Waals surface area contributed by atoms with Gasteiger partial charge < -0.3 is 15.5 Å². The van der Waals surface area contributed by atoms with Crippen LogP contribution in [0.4, 0.5) is 4.79 Å². The Hall–Kier alpha value is -0.770. The number of rotatable bonds is 1. The largest absolute Gasteiger partial charge is 0.336 e. The van der Waals surface area contributed by atoms with E-state index in [1.807, 2.05) is 0 Å². The lowest BCUT2D eigenvalue weighted by atomic mass is 9.89. The van der Waals surface area contributed by atoms with Crippen molar-refractivity contribution >= 4 is 6.03 Å². The Morgan fingerprint density at radius 1 is 1.33 bits per heavy atom. The minimum Gasteiger partial charge on any atom is -0.336 e. The van der Waals surface area contributed by atoms with Crippen molar-refractivity contribution in [3.8, 4) is 0 Å². The van der Waals surface area contributed by atoms with Crippen molar-refractivity contribution in [3.05, 3.63) is 0 Å². The van der Waals surface area contributed by atoms with Gasteiger partial charge in [-0.3, -0.25) is 0 Å². The van der Waals surface area contributed by atoms with E-state index in [1.165, 1.54) is 0 Å². The average Bonchev–Trinajstić information content (AvgIpc) is 2.35. The number of urea groups is 1. The van der Waals surface area contributed by atoms with Crippen molar-refractivity contribution in [1.29, 1.82) is 0 Å². The van der Waals surface area contributed by atoms with E-state index in [1.54, 1.807) is 0 Å². The topological polar surface area (TPSA) is 44.4 Å². The van der Waals surface area contributed by atoms with Gasteiger partial charge in [0.25, 0.3) is 0 Å². The van der Waals surface area contributed by atoms with Gasteiger partial charge in [-0.05, 0) is 46.2 Å². The number of carbonyl (C=O) groups is 1. The van der Waals surface area contributed by atoms with E-state index in [2.05, 4.69) is 29.4 Å². The van der Waals surface area contributed by atoms with Crippen LogP contribution in [0.5, 0.6) is 0 Å². The van der Waals surface area contributed by atoms with Gasteiger partial charge >= 0.3 is 6.03 Å². The lowest BCUT2D eigenvalue weighted by Gasteiger charge is -2.39. The smallest absolute Gasteiger partial charge is 0.318 e. The molecule has 0 aromatic heterocycles. The zero-order valence-electron chi connectivity index (χ0n) is 9.68. The molecule has 4 nitrogen and oxygen atoms in total. The lowest BCUT2D eigenvalue weighted by Crippen LogP contribution is -2.51. The number of nitrogens with zero attached hydrogens (tertiary/aromatic N) is 1. The van der Waals surface area contributed by atoms with Crippen LogP contribution in [0, 0.1) is 0 Å². The Balaban J connectivity index is 2.20. The molecule has 1 atom stereocenters. The molecule has 2 aliphatic heterocycles. The van der Waals surface area contributed by atoms with Crippen molar-refractivity contribution in [2.75, 3.05) is 19.6 Å². The summed E-state index contributed by atoms with van der Waals surface area (Å²) in [6, 6.07) is 0.414. The van der Waals surface area contributed by atoms with Crippen molar-refractivity contribution in [2.45, 2.75) is 44.7 Å². The van der Waals surface area contributed by atoms with E-state index in [0.717, 1.165) is 38.9 Å². The number of hydrogen-bond acceptors (Lipinski definition) is 2. The predicted octanol–water partition coefficient (Wildman–Crippen LogP) is 0.932. The lowest BCUT2D eigenvalue weighted by molar-refractivity contribution is 0.118. The van der Waals surface area contributed by atoms with Crippen LogP contribution >= 0.6 is 0 Å². The fourth-order valence-electron chi connectivity index (χ4n) is 2.94. The summed E-state index contributed by atoms with van der Waals surface area (Å²) in [5.41, 5.74) is 0.0781. The summed E-state index contributed by atoms with van der Waals surface area (Å²) in [4.78, 5) is 13.9. The monoisotopic (exact) mass is 211 g/mol. The van der Waals surface area contributed by atoms with Gasteiger partial charge in [0.05, 0.1) is 5.54 Å². The molecule has 1 unspecified atom stereocenters. The van der Waals surface area contributed by atoms with Crippen LogP contribution in [0.25, 0.3) is 0 Å². The molecule has 0 bridgehead atoms. The molecule has 86 valence electrons. The van der Waals surface area contributed by atoms with Crippen LogP contribution in [-0.2, 0) is 0 Å². The first-order chi connectivity index (χ1) is 7.16. The first-order valence-corrected chi connectivity index (χ1v) is 5.94. The summed E-state index contributed by atoms with van der Waals surface area (Å²) < 4.78 is 0. The minimum absolute atomic E-state index is 0.0781. The highest BCUT2D eigenvalue weighted by Crippen LogP contribution is 2.32. The third-order valence-corrected chi connectivity index (χ3v) is 3.58. The highest BCUT2D eigenvalue weighted by atomic mass is 16.2. The second-order valence-corrected chi connectivity index (χ2v) is 4.95. The first-order valence-electron chi connectivity index (χ1n) is 5.94. The zero-order valence-corrected chi connectivity index (χ0v) is 9.68. The van der Waals surface area contributed by atoms with Crippen molar-refractivity contribution < 1.29 is 4.79 Å². The van der Waals surface area contributed by atoms with E-state index < -0.39 is 0 Å². The van der Waals surface area contributed by atoms with Gasteiger partial charge in [-0.15, -0.1) is 0 Å². The van der Waals surface area contributed by atoms with Crippen LogP contribution in [0.15, 0.2) is 0 Å². The molecular weight excluding hydrogens is 190 g/mol. The Labute approximate surface area is 91.4 Å². The predicted molar refractivity (Wildman–Crippen MR) is 59.8 cm³/mol. The molecule has 0 aromatic rings. The zero-order chi connectivity index (χ0) is 10.9.